The van der Waals surface area contributed by atoms with Gasteiger partial charge in [-0.3, -0.25) is 14.5 Å². The Morgan fingerprint density at radius 2 is 1.77 bits per heavy atom. The van der Waals surface area contributed by atoms with Crippen molar-refractivity contribution >= 4 is 43.6 Å². The number of carbonyl (C=O) groups excluding carboxylic acids is 3. The molecular formula is C33H44ClN3O6Si. The maximum absolute atomic E-state index is 13.8. The number of hydrogen-bond acceptors (Lipinski definition) is 7. The molecule has 2 aliphatic rings. The highest BCUT2D eigenvalue weighted by Crippen LogP contribution is 2.46. The fourth-order valence-electron chi connectivity index (χ4n) is 5.28. The molecule has 238 valence electrons. The molecule has 2 aromatic carbocycles. The van der Waals surface area contributed by atoms with Crippen LogP contribution in [-0.2, 0) is 36.5 Å². The zero-order chi connectivity index (χ0) is 32.1. The van der Waals surface area contributed by atoms with Gasteiger partial charge in [-0.25, -0.2) is 9.79 Å². The number of benzene rings is 2. The van der Waals surface area contributed by atoms with E-state index in [4.69, 9.17) is 25.5 Å². The Kier molecular flexibility index (Phi) is 10.9. The summed E-state index contributed by atoms with van der Waals surface area (Å²) < 4.78 is 18.0. The molecule has 3 atom stereocenters. The van der Waals surface area contributed by atoms with Gasteiger partial charge in [0.15, 0.2) is 14.4 Å². The zero-order valence-corrected chi connectivity index (χ0v) is 28.2. The van der Waals surface area contributed by atoms with E-state index in [1.54, 1.807) is 12.1 Å². The Bertz CT molecular complexity index is 1350. The average molecular weight is 642 g/mol. The van der Waals surface area contributed by atoms with Crippen LogP contribution < -0.4 is 5.32 Å². The van der Waals surface area contributed by atoms with Crippen LogP contribution in [-0.4, -0.2) is 74.8 Å². The quantitative estimate of drug-likeness (QED) is 0.294. The third kappa shape index (κ3) is 8.08. The summed E-state index contributed by atoms with van der Waals surface area (Å²) in [5.41, 5.74) is 1.88. The van der Waals surface area contributed by atoms with Gasteiger partial charge in [-0.15, -0.1) is 0 Å². The lowest BCUT2D eigenvalue weighted by Crippen LogP contribution is -2.48. The minimum Gasteiger partial charge on any atom is -0.472 e. The highest BCUT2D eigenvalue weighted by molar-refractivity contribution is 6.74. The number of ether oxygens (including phenoxy) is 2. The maximum atomic E-state index is 13.8. The maximum Gasteiger partial charge on any atom is 0.410 e. The van der Waals surface area contributed by atoms with Crippen molar-refractivity contribution < 1.29 is 28.3 Å². The molecule has 11 heteroatoms. The minimum absolute atomic E-state index is 0.0402. The summed E-state index contributed by atoms with van der Waals surface area (Å²) in [6.45, 7) is 13.8. The van der Waals surface area contributed by atoms with Crippen molar-refractivity contribution in [3.63, 3.8) is 0 Å². The van der Waals surface area contributed by atoms with E-state index < -0.39 is 32.3 Å². The van der Waals surface area contributed by atoms with Gasteiger partial charge in [0.25, 0.3) is 5.90 Å². The number of nitrogens with one attached hydrogen (secondary N) is 1. The van der Waals surface area contributed by atoms with Gasteiger partial charge in [0.2, 0.25) is 11.7 Å². The normalized spacial score (nSPS) is 20.3. The molecule has 0 spiro atoms. The zero-order valence-electron chi connectivity index (χ0n) is 26.5. The van der Waals surface area contributed by atoms with E-state index in [9.17, 15) is 14.4 Å². The van der Waals surface area contributed by atoms with Crippen LogP contribution in [0.3, 0.4) is 0 Å². The number of amides is 2. The Hall–Kier alpha value is -3.21. The molecule has 0 saturated carbocycles. The Morgan fingerprint density at radius 3 is 2.43 bits per heavy atom. The fourth-order valence-corrected chi connectivity index (χ4v) is 8.11. The topological polar surface area (TPSA) is 107 Å². The molecule has 0 aliphatic carbocycles. The number of ketones is 1. The van der Waals surface area contributed by atoms with Crippen LogP contribution in [0, 0.1) is 5.92 Å². The second kappa shape index (κ2) is 14.3. The van der Waals surface area contributed by atoms with Crippen LogP contribution in [0.2, 0.25) is 23.2 Å². The minimum atomic E-state index is -2.27. The molecule has 1 saturated heterocycles. The number of carbonyl (C=O) groups is 3. The van der Waals surface area contributed by atoms with Crippen LogP contribution in [0.4, 0.5) is 4.79 Å². The third-order valence-electron chi connectivity index (χ3n) is 9.25. The first-order valence-electron chi connectivity index (χ1n) is 15.2. The first-order valence-corrected chi connectivity index (χ1v) is 18.5. The molecule has 4 rings (SSSR count). The largest absolute Gasteiger partial charge is 0.472 e. The molecule has 2 aliphatic heterocycles. The predicted octanol–water partition coefficient (Wildman–Crippen LogP) is 5.80. The van der Waals surface area contributed by atoms with Crippen molar-refractivity contribution in [1.29, 1.82) is 0 Å². The van der Waals surface area contributed by atoms with Crippen LogP contribution in [0.15, 0.2) is 59.6 Å². The third-order valence-corrected chi connectivity index (χ3v) is 14.1. The van der Waals surface area contributed by atoms with E-state index in [1.165, 1.54) is 4.90 Å². The van der Waals surface area contributed by atoms with E-state index in [-0.39, 0.29) is 42.7 Å². The molecule has 2 heterocycles. The van der Waals surface area contributed by atoms with Crippen molar-refractivity contribution in [3.05, 3.63) is 70.7 Å². The Labute approximate surface area is 266 Å². The summed E-state index contributed by atoms with van der Waals surface area (Å²) in [6, 6.07) is 15.1. The summed E-state index contributed by atoms with van der Waals surface area (Å²) in [5.74, 6) is -0.525. The van der Waals surface area contributed by atoms with E-state index >= 15 is 0 Å². The molecule has 1 unspecified atom stereocenters. The standard InChI is InChI=1S/C33H44ClN3O6Si/c1-22(2)33(3,4)44(5,6)43-26-18-28(37(19-26)32(40)42-20-24-10-8-7-9-11-24)29(38)31-36-27(21-41-31)30(39)35-17-16-23-12-14-25(34)15-13-23/h7-15,22,26-28H,16-21H2,1-6H3,(H,35,39)/t26?,27-,28-/m0/s1. The smallest absolute Gasteiger partial charge is 0.410 e. The number of hydrogen-bond donors (Lipinski definition) is 1. The van der Waals surface area contributed by atoms with Crippen LogP contribution in [0.25, 0.3) is 0 Å². The van der Waals surface area contributed by atoms with E-state index in [0.717, 1.165) is 11.1 Å². The number of Topliss-reactive ketones (excluding diaryl/α,β-unsaturated/α-hetero) is 1. The van der Waals surface area contributed by atoms with Gasteiger partial charge in [-0.05, 0) is 53.7 Å². The molecule has 9 nitrogen and oxygen atoms in total. The summed E-state index contributed by atoms with van der Waals surface area (Å²) in [6.07, 6.45) is -0.0228. The molecule has 0 bridgehead atoms. The van der Waals surface area contributed by atoms with Gasteiger partial charge in [0, 0.05) is 24.5 Å². The summed E-state index contributed by atoms with van der Waals surface area (Å²) in [4.78, 5) is 45.6. The van der Waals surface area contributed by atoms with Crippen molar-refractivity contribution in [2.24, 2.45) is 10.9 Å². The predicted molar refractivity (Wildman–Crippen MR) is 173 cm³/mol. The Morgan fingerprint density at radius 1 is 1.09 bits per heavy atom. The highest BCUT2D eigenvalue weighted by Gasteiger charge is 2.49. The van der Waals surface area contributed by atoms with Gasteiger partial charge in [-0.1, -0.05) is 81.8 Å². The number of halogens is 1. The number of likely N-dealkylation sites (tertiary alicyclic amines) is 1. The Balaban J connectivity index is 1.43. The van der Waals surface area contributed by atoms with Gasteiger partial charge >= 0.3 is 6.09 Å². The summed E-state index contributed by atoms with van der Waals surface area (Å²) in [5, 5.41) is 3.47. The van der Waals surface area contributed by atoms with Crippen molar-refractivity contribution in [2.45, 2.75) is 83.5 Å². The second-order valence-electron chi connectivity index (χ2n) is 12.9. The van der Waals surface area contributed by atoms with Gasteiger partial charge in [0.05, 0.1) is 6.10 Å². The van der Waals surface area contributed by atoms with Gasteiger partial charge in [-0.2, -0.15) is 0 Å². The second-order valence-corrected chi connectivity index (χ2v) is 17.8. The summed E-state index contributed by atoms with van der Waals surface area (Å²) >= 11 is 5.94. The van der Waals surface area contributed by atoms with E-state index in [0.29, 0.717) is 30.3 Å². The molecular weight excluding hydrogens is 598 g/mol. The molecule has 1 fully saturated rings. The number of aliphatic imine (C=N–C) groups is 1. The summed E-state index contributed by atoms with van der Waals surface area (Å²) in [7, 11) is -2.27. The van der Waals surface area contributed by atoms with E-state index in [1.807, 2.05) is 42.5 Å². The molecule has 0 radical (unpaired) electrons. The van der Waals surface area contributed by atoms with Crippen LogP contribution in [0.1, 0.15) is 45.2 Å². The molecule has 0 aromatic heterocycles. The fraction of sp³-hybridized carbons (Fsp3) is 0.515. The van der Waals surface area contributed by atoms with Gasteiger partial charge < -0.3 is 19.2 Å². The average Bonchev–Trinajstić information content (AvgIpc) is 3.65. The molecule has 44 heavy (non-hydrogen) atoms. The van der Waals surface area contributed by atoms with Gasteiger partial charge in [0.1, 0.15) is 19.3 Å². The van der Waals surface area contributed by atoms with Crippen molar-refractivity contribution in [3.8, 4) is 0 Å². The van der Waals surface area contributed by atoms with E-state index in [2.05, 4.69) is 51.1 Å². The number of rotatable bonds is 12. The number of nitrogens with zero attached hydrogens (tertiary/aromatic N) is 2. The first-order chi connectivity index (χ1) is 20.8. The molecule has 2 amide bonds. The van der Waals surface area contributed by atoms with Crippen molar-refractivity contribution in [2.75, 3.05) is 19.7 Å². The molecule has 1 N–H and O–H groups in total. The SMILES string of the molecule is CC(C)C(C)(C)[Si](C)(C)OC1C[C@@H](C(=O)C2=N[C@H](C(=O)NCCc3ccc(Cl)cc3)CO2)N(C(=O)OCc2ccccc2)C1. The first kappa shape index (κ1) is 33.7. The monoisotopic (exact) mass is 641 g/mol. The highest BCUT2D eigenvalue weighted by atomic mass is 35.5. The lowest BCUT2D eigenvalue weighted by Gasteiger charge is -2.44. The van der Waals surface area contributed by atoms with Crippen molar-refractivity contribution in [1.82, 2.24) is 10.2 Å². The lowest BCUT2D eigenvalue weighted by molar-refractivity contribution is -0.122. The lowest BCUT2D eigenvalue weighted by atomic mass is 9.99. The molecule has 2 aromatic rings. The van der Waals surface area contributed by atoms with Crippen LogP contribution in [0.5, 0.6) is 0 Å². The van der Waals surface area contributed by atoms with Crippen LogP contribution >= 0.6 is 11.6 Å².